The van der Waals surface area contributed by atoms with Crippen LogP contribution in [0.3, 0.4) is 0 Å². The number of hydrogen-bond donors (Lipinski definition) is 2. The summed E-state index contributed by atoms with van der Waals surface area (Å²) in [7, 11) is 3.15. The van der Waals surface area contributed by atoms with Crippen LogP contribution >= 0.6 is 0 Å². The van der Waals surface area contributed by atoms with Crippen LogP contribution in [0.2, 0.25) is 0 Å². The third kappa shape index (κ3) is 5.79. The minimum Gasteiger partial charge on any atom is -0.497 e. The van der Waals surface area contributed by atoms with E-state index >= 15 is 0 Å². The average molecular weight is 482 g/mol. The highest BCUT2D eigenvalue weighted by Gasteiger charge is 2.27. The highest BCUT2D eigenvalue weighted by molar-refractivity contribution is 5.87. The Hall–Kier alpha value is -3.89. The van der Waals surface area contributed by atoms with Gasteiger partial charge in [0, 0.05) is 50.3 Å². The first kappa shape index (κ1) is 24.2. The molecule has 1 saturated heterocycles. The minimum atomic E-state index is -0.708. The van der Waals surface area contributed by atoms with E-state index in [0.29, 0.717) is 23.7 Å². The number of aromatic nitrogens is 4. The maximum atomic E-state index is 13.2. The lowest BCUT2D eigenvalue weighted by atomic mass is 10.0. The van der Waals surface area contributed by atoms with Gasteiger partial charge in [0.15, 0.2) is 0 Å². The Morgan fingerprint density at radius 1 is 1.11 bits per heavy atom. The molecule has 2 amide bonds. The smallest absolute Gasteiger partial charge is 0.254 e. The second-order valence-electron chi connectivity index (χ2n) is 8.68. The Balaban J connectivity index is 1.41. The molecule has 1 atom stereocenters. The van der Waals surface area contributed by atoms with Crippen molar-refractivity contribution in [2.75, 3.05) is 32.2 Å². The van der Waals surface area contributed by atoms with Gasteiger partial charge in [-0.15, -0.1) is 0 Å². The van der Waals surface area contributed by atoms with E-state index < -0.39 is 6.04 Å². The first-order valence-corrected chi connectivity index (χ1v) is 11.6. The van der Waals surface area contributed by atoms with Crippen molar-refractivity contribution in [3.8, 4) is 11.5 Å². The number of ether oxygens (including phenoxy) is 2. The van der Waals surface area contributed by atoms with E-state index in [-0.39, 0.29) is 17.9 Å². The van der Waals surface area contributed by atoms with Crippen LogP contribution in [0, 0.1) is 6.92 Å². The molecule has 0 spiro atoms. The molecule has 1 aliphatic heterocycles. The lowest BCUT2D eigenvalue weighted by Crippen LogP contribution is -2.52. The van der Waals surface area contributed by atoms with Crippen molar-refractivity contribution in [1.29, 1.82) is 0 Å². The topological polar surface area (TPSA) is 123 Å². The zero-order valence-corrected chi connectivity index (χ0v) is 20.4. The summed E-state index contributed by atoms with van der Waals surface area (Å²) >= 11 is 0. The molecule has 3 heterocycles. The predicted molar refractivity (Wildman–Crippen MR) is 130 cm³/mol. The van der Waals surface area contributed by atoms with E-state index in [4.69, 9.17) is 9.47 Å². The number of methoxy groups -OCH3 is 2. The number of anilines is 1. The molecule has 0 bridgehead atoms. The normalized spacial score (nSPS) is 15.0. The number of fused-ring (bicyclic) bond motifs is 1. The van der Waals surface area contributed by atoms with E-state index in [2.05, 4.69) is 30.6 Å². The Morgan fingerprint density at radius 2 is 1.80 bits per heavy atom. The van der Waals surface area contributed by atoms with Crippen molar-refractivity contribution in [2.24, 2.45) is 0 Å². The third-order valence-electron chi connectivity index (χ3n) is 6.07. The van der Waals surface area contributed by atoms with Crippen LogP contribution in [0.5, 0.6) is 11.5 Å². The van der Waals surface area contributed by atoms with E-state index in [9.17, 15) is 9.59 Å². The summed E-state index contributed by atoms with van der Waals surface area (Å²) in [6, 6.07) is 6.73. The Kier molecular flexibility index (Phi) is 7.33. The summed E-state index contributed by atoms with van der Waals surface area (Å²) < 4.78 is 12.4. The molecule has 1 aromatic carbocycles. The fourth-order valence-corrected chi connectivity index (χ4v) is 4.37. The number of hydrogen-bond acceptors (Lipinski definition) is 8. The van der Waals surface area contributed by atoms with Gasteiger partial charge in [0.05, 0.1) is 14.2 Å². The number of benzene rings is 1. The SMILES string of the molecule is COc1cc(C[C@@H](NC(C)=O)C(=O)NC2CCN(c3cc(C)nc4ncnn34)CC2)cc(OC)c1. The van der Waals surface area contributed by atoms with Gasteiger partial charge in [-0.25, -0.2) is 4.98 Å². The number of piperidine rings is 1. The standard InChI is InChI=1S/C24H31N7O4/c1-15-9-22(31-24(27-15)25-14-26-31)30-7-5-18(6-8-30)29-23(33)21(28-16(2)32)12-17-10-19(34-3)13-20(11-17)35-4/h9-11,13-14,18,21H,5-8,12H2,1-4H3,(H,28,32)(H,29,33)/t21-/m1/s1. The summed E-state index contributed by atoms with van der Waals surface area (Å²) in [6.07, 6.45) is 3.35. The van der Waals surface area contributed by atoms with Gasteiger partial charge in [-0.1, -0.05) is 0 Å². The predicted octanol–water partition coefficient (Wildman–Crippen LogP) is 1.28. The molecule has 35 heavy (non-hydrogen) atoms. The van der Waals surface area contributed by atoms with Crippen molar-refractivity contribution < 1.29 is 19.1 Å². The molecule has 1 aliphatic rings. The molecule has 0 radical (unpaired) electrons. The summed E-state index contributed by atoms with van der Waals surface area (Å²) in [5, 5.41) is 10.2. The molecule has 1 fully saturated rings. The number of nitrogens with zero attached hydrogens (tertiary/aromatic N) is 5. The average Bonchev–Trinajstić information content (AvgIpc) is 3.31. The molecule has 11 nitrogen and oxygen atoms in total. The van der Waals surface area contributed by atoms with Crippen molar-refractivity contribution in [3.63, 3.8) is 0 Å². The van der Waals surface area contributed by atoms with E-state index in [1.54, 1.807) is 24.8 Å². The molecule has 11 heteroatoms. The van der Waals surface area contributed by atoms with E-state index in [0.717, 1.165) is 43.0 Å². The van der Waals surface area contributed by atoms with Crippen molar-refractivity contribution in [1.82, 2.24) is 30.2 Å². The number of carbonyl (C=O) groups is 2. The summed E-state index contributed by atoms with van der Waals surface area (Å²) in [4.78, 5) is 35.8. The number of rotatable bonds is 8. The van der Waals surface area contributed by atoms with Crippen molar-refractivity contribution >= 4 is 23.4 Å². The van der Waals surface area contributed by atoms with Crippen LogP contribution in [0.4, 0.5) is 5.82 Å². The van der Waals surface area contributed by atoms with Crippen molar-refractivity contribution in [2.45, 2.75) is 45.2 Å². The Labute approximate surface area is 203 Å². The molecular formula is C24H31N7O4. The largest absolute Gasteiger partial charge is 0.497 e. The second kappa shape index (κ2) is 10.6. The second-order valence-corrected chi connectivity index (χ2v) is 8.68. The van der Waals surface area contributed by atoms with Gasteiger partial charge in [0.25, 0.3) is 5.78 Å². The summed E-state index contributed by atoms with van der Waals surface area (Å²) in [6.45, 7) is 4.85. The first-order valence-electron chi connectivity index (χ1n) is 11.6. The molecule has 2 N–H and O–H groups in total. The van der Waals surface area contributed by atoms with Gasteiger partial charge in [0.2, 0.25) is 11.8 Å². The van der Waals surface area contributed by atoms with Gasteiger partial charge in [-0.3, -0.25) is 9.59 Å². The zero-order valence-electron chi connectivity index (χ0n) is 20.4. The minimum absolute atomic E-state index is 0.00373. The molecule has 2 aromatic heterocycles. The molecule has 186 valence electrons. The molecule has 0 aliphatic carbocycles. The van der Waals surface area contributed by atoms with Gasteiger partial charge in [0.1, 0.15) is 29.7 Å². The highest BCUT2D eigenvalue weighted by atomic mass is 16.5. The first-order chi connectivity index (χ1) is 16.9. The Bertz CT molecular complexity index is 1180. The molecule has 4 rings (SSSR count). The molecule has 3 aromatic rings. The molecule has 0 saturated carbocycles. The van der Waals surface area contributed by atoms with Gasteiger partial charge in [-0.2, -0.15) is 14.6 Å². The van der Waals surface area contributed by atoms with E-state index in [1.165, 1.54) is 13.3 Å². The van der Waals surface area contributed by atoms with Crippen LogP contribution in [0.1, 0.15) is 31.0 Å². The number of aryl methyl sites for hydroxylation is 1. The van der Waals surface area contributed by atoms with Gasteiger partial charge in [-0.05, 0) is 37.5 Å². The van der Waals surface area contributed by atoms with Crippen LogP contribution in [-0.2, 0) is 16.0 Å². The quantitative estimate of drug-likeness (QED) is 0.493. The van der Waals surface area contributed by atoms with Crippen LogP contribution < -0.4 is 25.0 Å². The summed E-state index contributed by atoms with van der Waals surface area (Å²) in [5.74, 6) is 2.29. The molecule has 0 unspecified atom stereocenters. The Morgan fingerprint density at radius 3 is 2.43 bits per heavy atom. The van der Waals surface area contributed by atoms with Gasteiger partial charge < -0.3 is 25.0 Å². The van der Waals surface area contributed by atoms with Crippen LogP contribution in [-0.4, -0.2) is 70.8 Å². The highest BCUT2D eigenvalue weighted by Crippen LogP contribution is 2.24. The van der Waals surface area contributed by atoms with Crippen LogP contribution in [0.25, 0.3) is 5.78 Å². The fraction of sp³-hybridized carbons (Fsp3) is 0.458. The number of amides is 2. The summed E-state index contributed by atoms with van der Waals surface area (Å²) in [5.41, 5.74) is 1.71. The number of nitrogens with one attached hydrogen (secondary N) is 2. The fourth-order valence-electron chi connectivity index (χ4n) is 4.37. The third-order valence-corrected chi connectivity index (χ3v) is 6.07. The van der Waals surface area contributed by atoms with Gasteiger partial charge >= 0.3 is 0 Å². The lowest BCUT2D eigenvalue weighted by molar-refractivity contribution is -0.128. The monoisotopic (exact) mass is 481 g/mol. The van der Waals surface area contributed by atoms with Crippen LogP contribution in [0.15, 0.2) is 30.6 Å². The van der Waals surface area contributed by atoms with Crippen molar-refractivity contribution in [3.05, 3.63) is 41.9 Å². The zero-order chi connectivity index (χ0) is 24.9. The number of carbonyl (C=O) groups excluding carboxylic acids is 2. The maximum absolute atomic E-state index is 13.2. The maximum Gasteiger partial charge on any atom is 0.254 e. The lowest BCUT2D eigenvalue weighted by Gasteiger charge is -2.34. The molecular weight excluding hydrogens is 450 g/mol. The van der Waals surface area contributed by atoms with E-state index in [1.807, 2.05) is 25.1 Å².